The van der Waals surface area contributed by atoms with Crippen LogP contribution in [0, 0.1) is 6.58 Å². The first-order valence-electron chi connectivity index (χ1n) is 10.8. The summed E-state index contributed by atoms with van der Waals surface area (Å²) in [6.07, 6.45) is 3.21. The summed E-state index contributed by atoms with van der Waals surface area (Å²) in [5, 5.41) is 0. The number of nitrogens with zero attached hydrogens (tertiary/aromatic N) is 1. The minimum atomic E-state index is -3.76. The molecule has 0 aliphatic carbocycles. The molecule has 5 heteroatoms. The zero-order valence-electron chi connectivity index (χ0n) is 20.0. The molecule has 0 radical (unpaired) electrons. The van der Waals surface area contributed by atoms with E-state index in [1.807, 2.05) is 109 Å². The van der Waals surface area contributed by atoms with Crippen molar-refractivity contribution in [3.05, 3.63) is 95.4 Å². The van der Waals surface area contributed by atoms with Gasteiger partial charge in [-0.3, -0.25) is 0 Å². The van der Waals surface area contributed by atoms with Gasteiger partial charge >= 0.3 is 161 Å². The Hall–Kier alpha value is -1.61. The quantitative estimate of drug-likeness (QED) is 0.246. The molecule has 0 bridgehead atoms. The summed E-state index contributed by atoms with van der Waals surface area (Å²) in [6, 6.07) is 19.0. The van der Waals surface area contributed by atoms with E-state index in [9.17, 15) is 8.42 Å². The molecule has 0 saturated carbocycles. The topological polar surface area (TPSA) is 37.4 Å². The Morgan fingerprint density at radius 2 is 1.16 bits per heavy atom. The number of sulfonamides is 1. The molecule has 0 N–H and O–H groups in total. The molecule has 2 aromatic carbocycles. The second-order valence-corrected chi connectivity index (χ2v) is 9.84. The van der Waals surface area contributed by atoms with E-state index in [2.05, 4.69) is 0 Å². The SMILES string of the molecule is CC.CC.CC.[CH-]=C(C=C[C](C)=[W])S(=O)(=O)N(Cc1ccccc1)Cc1ccccc1. The third-order valence-electron chi connectivity index (χ3n) is 3.52. The van der Waals surface area contributed by atoms with Crippen LogP contribution in [0.25, 0.3) is 0 Å². The van der Waals surface area contributed by atoms with Crippen molar-refractivity contribution in [2.24, 2.45) is 0 Å². The maximum absolute atomic E-state index is 13.0. The monoisotopic (exact) mass is 612 g/mol. The molecule has 0 amide bonds. The second-order valence-electron chi connectivity index (χ2n) is 5.59. The van der Waals surface area contributed by atoms with Crippen LogP contribution >= 0.6 is 0 Å². The normalized spacial score (nSPS) is 10.1. The fraction of sp³-hybridized carbons (Fsp3) is 0.346. The van der Waals surface area contributed by atoms with E-state index in [4.69, 9.17) is 6.58 Å². The van der Waals surface area contributed by atoms with Gasteiger partial charge in [0, 0.05) is 0 Å². The Balaban J connectivity index is 0. The number of allylic oxidation sites excluding steroid dienone is 2. The average molecular weight is 613 g/mol. The summed E-state index contributed by atoms with van der Waals surface area (Å²) >= 11 is 1.28. The van der Waals surface area contributed by atoms with E-state index in [0.29, 0.717) is 0 Å². The first kappa shape index (κ1) is 31.6. The minimum absolute atomic E-state index is 0.139. The molecule has 0 atom stereocenters. The van der Waals surface area contributed by atoms with Crippen LogP contribution in [0.1, 0.15) is 59.6 Å². The Morgan fingerprint density at radius 3 is 1.48 bits per heavy atom. The molecule has 0 aliphatic heterocycles. The molecule has 3 nitrogen and oxygen atoms in total. The van der Waals surface area contributed by atoms with E-state index in [1.165, 1.54) is 29.7 Å². The van der Waals surface area contributed by atoms with Crippen LogP contribution in [0.5, 0.6) is 0 Å². The summed E-state index contributed by atoms with van der Waals surface area (Å²) in [4.78, 5) is -0.139. The van der Waals surface area contributed by atoms with Crippen LogP contribution in [-0.2, 0) is 42.5 Å². The van der Waals surface area contributed by atoms with Crippen LogP contribution < -0.4 is 0 Å². The van der Waals surface area contributed by atoms with Crippen molar-refractivity contribution < 1.29 is 27.8 Å². The molecule has 0 unspecified atom stereocenters. The van der Waals surface area contributed by atoms with E-state index in [0.717, 1.165) is 15.0 Å². The van der Waals surface area contributed by atoms with Gasteiger partial charge in [0.1, 0.15) is 0 Å². The molecule has 0 fully saturated rings. The molecular formula is C26H38NO2SW-. The van der Waals surface area contributed by atoms with E-state index in [1.54, 1.807) is 6.08 Å². The fourth-order valence-corrected chi connectivity index (χ4v) is 3.66. The standard InChI is InChI=1S/C20H20NO2S.3C2H6.W/c1-3-4-11-18(2)24(22,23)21(16-19-12-7-5-8-13-19)17-20-14-9-6-10-15-20;3*1-2;/h2,4-15H,16-17H2,1H3;3*1-2H3;/q-1;;;;. The molecule has 172 valence electrons. The van der Waals surface area contributed by atoms with Crippen LogP contribution in [0.15, 0.2) is 77.7 Å². The van der Waals surface area contributed by atoms with Crippen LogP contribution in [0.2, 0.25) is 0 Å². The number of rotatable bonds is 8. The summed E-state index contributed by atoms with van der Waals surface area (Å²) < 4.78 is 28.4. The third kappa shape index (κ3) is 12.7. The Morgan fingerprint density at radius 1 is 0.806 bits per heavy atom. The summed E-state index contributed by atoms with van der Waals surface area (Å²) in [6.45, 7) is 20.4. The summed E-state index contributed by atoms with van der Waals surface area (Å²) in [5.74, 6) is 0. The third-order valence-corrected chi connectivity index (χ3v) is 5.68. The van der Waals surface area contributed by atoms with Crippen LogP contribution in [0.4, 0.5) is 0 Å². The predicted molar refractivity (Wildman–Crippen MR) is 133 cm³/mol. The summed E-state index contributed by atoms with van der Waals surface area (Å²) in [7, 11) is -3.76. The van der Waals surface area contributed by atoms with E-state index in [-0.39, 0.29) is 18.0 Å². The Bertz CT molecular complexity index is 819. The summed E-state index contributed by atoms with van der Waals surface area (Å²) in [5.41, 5.74) is 1.84. The van der Waals surface area contributed by atoms with E-state index >= 15 is 0 Å². The van der Waals surface area contributed by atoms with Crippen molar-refractivity contribution in [2.45, 2.75) is 61.6 Å². The fourth-order valence-electron chi connectivity index (χ4n) is 2.23. The van der Waals surface area contributed by atoms with Gasteiger partial charge in [0.2, 0.25) is 0 Å². The Labute approximate surface area is 202 Å². The first-order valence-corrected chi connectivity index (χ1v) is 13.7. The van der Waals surface area contributed by atoms with Gasteiger partial charge in [-0.2, -0.15) is 0 Å². The molecule has 0 heterocycles. The van der Waals surface area contributed by atoms with Gasteiger partial charge < -0.3 is 0 Å². The predicted octanol–water partition coefficient (Wildman–Crippen LogP) is 6.71. The second kappa shape index (κ2) is 19.1. The molecule has 0 spiro atoms. The van der Waals surface area contributed by atoms with Crippen molar-refractivity contribution in [1.29, 1.82) is 0 Å². The zero-order valence-corrected chi connectivity index (χ0v) is 23.7. The van der Waals surface area contributed by atoms with Crippen molar-refractivity contribution in [3.63, 3.8) is 0 Å². The molecule has 31 heavy (non-hydrogen) atoms. The first-order chi connectivity index (χ1) is 14.9. The van der Waals surface area contributed by atoms with Crippen LogP contribution in [-0.4, -0.2) is 16.6 Å². The number of hydrogen-bond acceptors (Lipinski definition) is 2. The van der Waals surface area contributed by atoms with Gasteiger partial charge in [-0.15, -0.1) is 0 Å². The van der Waals surface area contributed by atoms with Gasteiger partial charge in [0.25, 0.3) is 0 Å². The average Bonchev–Trinajstić information content (AvgIpc) is 2.82. The number of benzene rings is 2. The zero-order chi connectivity index (χ0) is 24.3. The van der Waals surface area contributed by atoms with Gasteiger partial charge in [0.15, 0.2) is 0 Å². The van der Waals surface area contributed by atoms with Crippen LogP contribution in [0.3, 0.4) is 0 Å². The maximum atomic E-state index is 13.0. The van der Waals surface area contributed by atoms with Gasteiger partial charge in [-0.25, -0.2) is 0 Å². The van der Waals surface area contributed by atoms with Crippen molar-refractivity contribution in [1.82, 2.24) is 4.31 Å². The number of hydrogen-bond donors (Lipinski definition) is 0. The van der Waals surface area contributed by atoms with E-state index < -0.39 is 10.0 Å². The Kier molecular flexibility index (Phi) is 19.5. The van der Waals surface area contributed by atoms with Crippen molar-refractivity contribution >= 4 is 13.9 Å². The molecule has 2 aromatic rings. The molecule has 0 aliphatic rings. The van der Waals surface area contributed by atoms with Gasteiger partial charge in [0.05, 0.1) is 0 Å². The molecule has 2 rings (SSSR count). The van der Waals surface area contributed by atoms with Gasteiger partial charge in [-0.1, -0.05) is 41.5 Å². The van der Waals surface area contributed by atoms with Crippen molar-refractivity contribution in [2.75, 3.05) is 0 Å². The molecular weight excluding hydrogens is 574 g/mol. The molecule has 0 aromatic heterocycles. The van der Waals surface area contributed by atoms with Crippen molar-refractivity contribution in [3.8, 4) is 0 Å². The van der Waals surface area contributed by atoms with Gasteiger partial charge in [-0.05, 0) is 0 Å². The molecule has 0 saturated heterocycles.